The van der Waals surface area contributed by atoms with Crippen LogP contribution in [0.5, 0.6) is 0 Å². The summed E-state index contributed by atoms with van der Waals surface area (Å²) in [6.07, 6.45) is 4.76. The molecule has 0 amide bonds. The molecule has 0 atom stereocenters. The molecule has 0 aliphatic rings. The van der Waals surface area contributed by atoms with Gasteiger partial charge in [-0.15, -0.1) is 0 Å². The summed E-state index contributed by atoms with van der Waals surface area (Å²) in [6, 6.07) is 7.86. The Bertz CT molecular complexity index is 509. The summed E-state index contributed by atoms with van der Waals surface area (Å²) in [6.45, 7) is 0. The number of rotatable bonds is 4. The van der Waals surface area contributed by atoms with Gasteiger partial charge in [-0.2, -0.15) is 13.7 Å². The molecule has 0 saturated carbocycles. The van der Waals surface area contributed by atoms with E-state index in [0.29, 0.717) is 12.8 Å². The lowest BCUT2D eigenvalue weighted by molar-refractivity contribution is 0.483. The van der Waals surface area contributed by atoms with Crippen LogP contribution in [0.1, 0.15) is 18.4 Å². The summed E-state index contributed by atoms with van der Waals surface area (Å²) in [7, 11) is -4.12. The Kier molecular flexibility index (Phi) is 4.23. The van der Waals surface area contributed by atoms with Crippen LogP contribution in [0.3, 0.4) is 0 Å². The monoisotopic (exact) mass is 237 g/mol. The Morgan fingerprint density at radius 3 is 2.44 bits per heavy atom. The van der Waals surface area contributed by atoms with Crippen LogP contribution in [0.15, 0.2) is 35.2 Å². The molecule has 1 aromatic rings. The fourth-order valence-corrected chi connectivity index (χ4v) is 1.60. The summed E-state index contributed by atoms with van der Waals surface area (Å²) >= 11 is 0. The van der Waals surface area contributed by atoms with Crippen LogP contribution in [0.2, 0.25) is 0 Å². The van der Waals surface area contributed by atoms with Crippen molar-refractivity contribution in [3.63, 3.8) is 0 Å². The molecule has 0 saturated heterocycles. The van der Waals surface area contributed by atoms with Crippen molar-refractivity contribution in [2.45, 2.75) is 17.7 Å². The highest BCUT2D eigenvalue weighted by atomic mass is 32.2. The topological polar surface area (TPSA) is 78.2 Å². The van der Waals surface area contributed by atoms with E-state index in [1.165, 1.54) is 12.1 Å². The molecule has 0 heterocycles. The zero-order valence-electron chi connectivity index (χ0n) is 8.50. The van der Waals surface area contributed by atoms with Gasteiger partial charge >= 0.3 is 0 Å². The predicted molar refractivity (Wildman–Crippen MR) is 60.1 cm³/mol. The molecule has 0 aliphatic heterocycles. The van der Waals surface area contributed by atoms with Crippen molar-refractivity contribution in [1.29, 1.82) is 5.26 Å². The zero-order chi connectivity index (χ0) is 12.0. The maximum Gasteiger partial charge on any atom is 0.294 e. The molecule has 1 N–H and O–H groups in total. The molecule has 0 radical (unpaired) electrons. The standard InChI is InChI=1S/C11H11NO3S/c12-9-3-1-2-4-10-5-7-11(8-6-10)16(13,14)15/h2,4-8H,1,3H2,(H,13,14,15). The van der Waals surface area contributed by atoms with E-state index in [9.17, 15) is 8.42 Å². The Hall–Kier alpha value is -1.64. The normalized spacial score (nSPS) is 11.5. The summed E-state index contributed by atoms with van der Waals surface area (Å²) in [5, 5.41) is 8.31. The van der Waals surface area contributed by atoms with Crippen molar-refractivity contribution >= 4 is 16.2 Å². The van der Waals surface area contributed by atoms with E-state index < -0.39 is 10.1 Å². The van der Waals surface area contributed by atoms with E-state index in [0.717, 1.165) is 5.56 Å². The number of nitriles is 1. The Labute approximate surface area is 94.6 Å². The summed E-state index contributed by atoms with van der Waals surface area (Å²) < 4.78 is 30.2. The average molecular weight is 237 g/mol. The van der Waals surface area contributed by atoms with Gasteiger partial charge in [0.25, 0.3) is 10.1 Å². The number of benzene rings is 1. The first kappa shape index (κ1) is 12.4. The molecular weight excluding hydrogens is 226 g/mol. The van der Waals surface area contributed by atoms with Gasteiger partial charge in [-0.05, 0) is 24.1 Å². The number of unbranched alkanes of at least 4 members (excludes halogenated alkanes) is 1. The minimum absolute atomic E-state index is 0.123. The molecule has 16 heavy (non-hydrogen) atoms. The largest absolute Gasteiger partial charge is 0.294 e. The number of hydrogen-bond donors (Lipinski definition) is 1. The van der Waals surface area contributed by atoms with E-state index in [2.05, 4.69) is 0 Å². The molecule has 4 nitrogen and oxygen atoms in total. The molecule has 5 heteroatoms. The quantitative estimate of drug-likeness (QED) is 0.643. The molecule has 84 valence electrons. The van der Waals surface area contributed by atoms with Crippen LogP contribution in [-0.2, 0) is 10.1 Å². The van der Waals surface area contributed by atoms with E-state index in [1.54, 1.807) is 18.2 Å². The van der Waals surface area contributed by atoms with Gasteiger partial charge < -0.3 is 0 Å². The third-order valence-electron chi connectivity index (χ3n) is 1.91. The fraction of sp³-hybridized carbons (Fsp3) is 0.182. The van der Waals surface area contributed by atoms with Gasteiger partial charge in [0.15, 0.2) is 0 Å². The van der Waals surface area contributed by atoms with Crippen LogP contribution in [-0.4, -0.2) is 13.0 Å². The van der Waals surface area contributed by atoms with Crippen molar-refractivity contribution < 1.29 is 13.0 Å². The molecule has 1 aromatic carbocycles. The first-order valence-corrected chi connectivity index (χ1v) is 6.09. The van der Waals surface area contributed by atoms with E-state index in [4.69, 9.17) is 9.81 Å². The van der Waals surface area contributed by atoms with E-state index in [-0.39, 0.29) is 4.90 Å². The Balaban J connectivity index is 2.73. The predicted octanol–water partition coefficient (Wildman–Crippen LogP) is 2.25. The van der Waals surface area contributed by atoms with Crippen LogP contribution in [0.25, 0.3) is 6.08 Å². The lowest BCUT2D eigenvalue weighted by atomic mass is 10.2. The smallest absolute Gasteiger partial charge is 0.282 e. The first-order chi connectivity index (χ1) is 7.54. The van der Waals surface area contributed by atoms with Gasteiger partial charge in [0.1, 0.15) is 0 Å². The lowest BCUT2D eigenvalue weighted by Gasteiger charge is -1.97. The Morgan fingerprint density at radius 2 is 1.94 bits per heavy atom. The number of allylic oxidation sites excluding steroid dienone is 1. The van der Waals surface area contributed by atoms with Crippen molar-refractivity contribution in [3.8, 4) is 6.07 Å². The van der Waals surface area contributed by atoms with E-state index in [1.807, 2.05) is 12.1 Å². The SMILES string of the molecule is N#CCCC=Cc1ccc(S(=O)(=O)O)cc1. The third-order valence-corrected chi connectivity index (χ3v) is 2.78. The number of nitrogens with zero attached hydrogens (tertiary/aromatic N) is 1. The molecule has 1 rings (SSSR count). The second-order valence-corrected chi connectivity index (χ2v) is 4.56. The highest BCUT2D eigenvalue weighted by Gasteiger charge is 2.07. The van der Waals surface area contributed by atoms with Gasteiger partial charge in [-0.1, -0.05) is 24.3 Å². The van der Waals surface area contributed by atoms with Crippen LogP contribution < -0.4 is 0 Å². The van der Waals surface area contributed by atoms with Gasteiger partial charge in [0, 0.05) is 6.42 Å². The van der Waals surface area contributed by atoms with Crippen molar-refractivity contribution in [1.82, 2.24) is 0 Å². The van der Waals surface area contributed by atoms with Gasteiger partial charge in [0.05, 0.1) is 11.0 Å². The summed E-state index contributed by atoms with van der Waals surface area (Å²) in [4.78, 5) is -0.123. The van der Waals surface area contributed by atoms with Crippen molar-refractivity contribution in [2.75, 3.05) is 0 Å². The fourth-order valence-electron chi connectivity index (χ4n) is 1.12. The second-order valence-electron chi connectivity index (χ2n) is 3.14. The van der Waals surface area contributed by atoms with Crippen molar-refractivity contribution in [2.24, 2.45) is 0 Å². The summed E-state index contributed by atoms with van der Waals surface area (Å²) in [5.41, 5.74) is 0.824. The maximum absolute atomic E-state index is 10.7. The average Bonchev–Trinajstić information content (AvgIpc) is 2.24. The van der Waals surface area contributed by atoms with Gasteiger partial charge in [-0.3, -0.25) is 4.55 Å². The minimum Gasteiger partial charge on any atom is -0.282 e. The second kappa shape index (κ2) is 5.45. The Morgan fingerprint density at radius 1 is 1.31 bits per heavy atom. The molecule has 0 spiro atoms. The number of hydrogen-bond acceptors (Lipinski definition) is 3. The molecule has 0 aliphatic carbocycles. The van der Waals surface area contributed by atoms with Crippen molar-refractivity contribution in [3.05, 3.63) is 35.9 Å². The molecule has 0 bridgehead atoms. The highest BCUT2D eigenvalue weighted by Crippen LogP contribution is 2.11. The lowest BCUT2D eigenvalue weighted by Crippen LogP contribution is -1.97. The van der Waals surface area contributed by atoms with Crippen LogP contribution >= 0.6 is 0 Å². The van der Waals surface area contributed by atoms with E-state index >= 15 is 0 Å². The molecule has 0 unspecified atom stereocenters. The molecule has 0 fully saturated rings. The van der Waals surface area contributed by atoms with Crippen LogP contribution in [0, 0.1) is 11.3 Å². The van der Waals surface area contributed by atoms with Crippen LogP contribution in [0.4, 0.5) is 0 Å². The summed E-state index contributed by atoms with van der Waals surface area (Å²) in [5.74, 6) is 0. The molecule has 0 aromatic heterocycles. The first-order valence-electron chi connectivity index (χ1n) is 4.65. The molecular formula is C11H11NO3S. The maximum atomic E-state index is 10.7. The highest BCUT2D eigenvalue weighted by molar-refractivity contribution is 7.85. The van der Waals surface area contributed by atoms with Gasteiger partial charge in [-0.25, -0.2) is 0 Å². The zero-order valence-corrected chi connectivity index (χ0v) is 9.31. The minimum atomic E-state index is -4.12. The third kappa shape index (κ3) is 3.85. The van der Waals surface area contributed by atoms with Gasteiger partial charge in [0.2, 0.25) is 0 Å².